The van der Waals surface area contributed by atoms with Gasteiger partial charge in [-0.05, 0) is 6.92 Å². The Morgan fingerprint density at radius 3 is 2.71 bits per heavy atom. The predicted octanol–water partition coefficient (Wildman–Crippen LogP) is 0.989. The number of aromatic nitrogens is 2. The molecular formula is C12H15N3O2. The van der Waals surface area contributed by atoms with Crippen LogP contribution in [-0.4, -0.2) is 27.4 Å². The Hall–Kier alpha value is -1.72. The summed E-state index contributed by atoms with van der Waals surface area (Å²) in [5.41, 5.74) is 5.30. The van der Waals surface area contributed by atoms with Crippen LogP contribution >= 0.6 is 0 Å². The van der Waals surface area contributed by atoms with E-state index in [4.69, 9.17) is 10.3 Å². The predicted molar refractivity (Wildman–Crippen MR) is 63.1 cm³/mol. The quantitative estimate of drug-likeness (QED) is 0.822. The molecule has 2 rings (SSSR count). The van der Waals surface area contributed by atoms with Gasteiger partial charge in [-0.2, -0.15) is 4.98 Å². The molecule has 0 saturated heterocycles. The first kappa shape index (κ1) is 11.8. The first-order valence-electron chi connectivity index (χ1n) is 5.41. The Balaban J connectivity index is 2.17. The number of aliphatic hydroxyl groups is 1. The lowest BCUT2D eigenvalue weighted by molar-refractivity contribution is 0.0610. The molecule has 90 valence electrons. The van der Waals surface area contributed by atoms with Gasteiger partial charge in [-0.15, -0.1) is 0 Å². The van der Waals surface area contributed by atoms with E-state index in [9.17, 15) is 5.11 Å². The van der Waals surface area contributed by atoms with E-state index in [0.29, 0.717) is 11.7 Å². The maximum Gasteiger partial charge on any atom is 0.229 e. The molecule has 0 aliphatic heterocycles. The molecular weight excluding hydrogens is 218 g/mol. The van der Waals surface area contributed by atoms with Gasteiger partial charge in [-0.25, -0.2) is 0 Å². The summed E-state index contributed by atoms with van der Waals surface area (Å²) < 4.78 is 5.08. The summed E-state index contributed by atoms with van der Waals surface area (Å²) in [6, 6.07) is 9.53. The van der Waals surface area contributed by atoms with Crippen molar-refractivity contribution in [3.63, 3.8) is 0 Å². The number of hydrogen-bond donors (Lipinski definition) is 2. The first-order valence-corrected chi connectivity index (χ1v) is 5.41. The Morgan fingerprint density at radius 2 is 2.06 bits per heavy atom. The van der Waals surface area contributed by atoms with Crippen molar-refractivity contribution in [2.75, 3.05) is 6.54 Å². The lowest BCUT2D eigenvalue weighted by Gasteiger charge is -2.17. The minimum absolute atomic E-state index is 0.149. The zero-order chi connectivity index (χ0) is 12.3. The molecule has 17 heavy (non-hydrogen) atoms. The fourth-order valence-electron chi connectivity index (χ4n) is 1.43. The molecule has 0 fully saturated rings. The van der Waals surface area contributed by atoms with Crippen LogP contribution in [0.5, 0.6) is 0 Å². The average molecular weight is 233 g/mol. The van der Waals surface area contributed by atoms with Gasteiger partial charge < -0.3 is 15.4 Å². The standard InChI is InChI=1S/C12H15N3O2/c1-12(16,8-13)7-10-14-11(15-17-10)9-5-3-2-4-6-9/h2-6,16H,7-8,13H2,1H3. The highest BCUT2D eigenvalue weighted by molar-refractivity contribution is 5.53. The SMILES string of the molecule is CC(O)(CN)Cc1nc(-c2ccccc2)no1. The fourth-order valence-corrected chi connectivity index (χ4v) is 1.43. The van der Waals surface area contributed by atoms with Crippen molar-refractivity contribution >= 4 is 0 Å². The monoisotopic (exact) mass is 233 g/mol. The molecule has 0 radical (unpaired) electrons. The molecule has 1 atom stereocenters. The summed E-state index contributed by atoms with van der Waals surface area (Å²) in [7, 11) is 0. The lowest BCUT2D eigenvalue weighted by Crippen LogP contribution is -2.36. The van der Waals surface area contributed by atoms with Gasteiger partial charge in [0.15, 0.2) is 0 Å². The third-order valence-corrected chi connectivity index (χ3v) is 2.47. The fraction of sp³-hybridized carbons (Fsp3) is 0.333. The molecule has 5 heteroatoms. The molecule has 2 aromatic rings. The van der Waals surface area contributed by atoms with Gasteiger partial charge in [-0.3, -0.25) is 0 Å². The second-order valence-electron chi connectivity index (χ2n) is 4.26. The summed E-state index contributed by atoms with van der Waals surface area (Å²) in [5, 5.41) is 13.7. The van der Waals surface area contributed by atoms with Crippen LogP contribution in [0.3, 0.4) is 0 Å². The summed E-state index contributed by atoms with van der Waals surface area (Å²) in [6.45, 7) is 1.79. The van der Waals surface area contributed by atoms with Gasteiger partial charge in [0.25, 0.3) is 0 Å². The lowest BCUT2D eigenvalue weighted by atomic mass is 10.0. The number of nitrogens with two attached hydrogens (primary N) is 1. The van der Waals surface area contributed by atoms with E-state index in [1.807, 2.05) is 30.3 Å². The minimum atomic E-state index is -1.01. The van der Waals surface area contributed by atoms with E-state index in [1.54, 1.807) is 6.92 Å². The summed E-state index contributed by atoms with van der Waals surface area (Å²) >= 11 is 0. The number of benzene rings is 1. The molecule has 5 nitrogen and oxygen atoms in total. The Labute approximate surface area is 99.3 Å². The van der Waals surface area contributed by atoms with Crippen molar-refractivity contribution in [1.82, 2.24) is 10.1 Å². The molecule has 0 amide bonds. The summed E-state index contributed by atoms with van der Waals surface area (Å²) in [4.78, 5) is 4.22. The average Bonchev–Trinajstić information content (AvgIpc) is 2.78. The Morgan fingerprint density at radius 1 is 1.35 bits per heavy atom. The first-order chi connectivity index (χ1) is 8.11. The molecule has 1 unspecified atom stereocenters. The van der Waals surface area contributed by atoms with Crippen molar-refractivity contribution in [2.24, 2.45) is 5.73 Å². The van der Waals surface area contributed by atoms with Gasteiger partial charge in [0, 0.05) is 12.1 Å². The third kappa shape index (κ3) is 2.89. The van der Waals surface area contributed by atoms with E-state index >= 15 is 0 Å². The zero-order valence-electron chi connectivity index (χ0n) is 9.63. The van der Waals surface area contributed by atoms with Crippen LogP contribution in [0.2, 0.25) is 0 Å². The van der Waals surface area contributed by atoms with Gasteiger partial charge in [0.2, 0.25) is 11.7 Å². The van der Waals surface area contributed by atoms with Crippen molar-refractivity contribution < 1.29 is 9.63 Å². The number of nitrogens with zero attached hydrogens (tertiary/aromatic N) is 2. The molecule has 0 spiro atoms. The molecule has 1 aromatic heterocycles. The van der Waals surface area contributed by atoms with Crippen LogP contribution in [-0.2, 0) is 6.42 Å². The van der Waals surface area contributed by atoms with Crippen molar-refractivity contribution in [3.8, 4) is 11.4 Å². The van der Waals surface area contributed by atoms with Gasteiger partial charge >= 0.3 is 0 Å². The van der Waals surface area contributed by atoms with Crippen LogP contribution in [0.1, 0.15) is 12.8 Å². The largest absolute Gasteiger partial charge is 0.388 e. The van der Waals surface area contributed by atoms with E-state index in [-0.39, 0.29) is 13.0 Å². The smallest absolute Gasteiger partial charge is 0.229 e. The second-order valence-corrected chi connectivity index (χ2v) is 4.26. The van der Waals surface area contributed by atoms with Crippen molar-refractivity contribution in [2.45, 2.75) is 18.9 Å². The van der Waals surface area contributed by atoms with Gasteiger partial charge in [0.1, 0.15) is 0 Å². The normalized spacial score (nSPS) is 14.5. The van der Waals surface area contributed by atoms with E-state index in [2.05, 4.69) is 10.1 Å². The molecule has 0 bridgehead atoms. The van der Waals surface area contributed by atoms with E-state index in [0.717, 1.165) is 5.56 Å². The molecule has 1 heterocycles. The number of rotatable bonds is 4. The van der Waals surface area contributed by atoms with E-state index < -0.39 is 5.60 Å². The maximum absolute atomic E-state index is 9.80. The highest BCUT2D eigenvalue weighted by Crippen LogP contribution is 2.17. The number of hydrogen-bond acceptors (Lipinski definition) is 5. The van der Waals surface area contributed by atoms with Crippen LogP contribution in [0.15, 0.2) is 34.9 Å². The second kappa shape index (κ2) is 4.65. The molecule has 3 N–H and O–H groups in total. The van der Waals surface area contributed by atoms with Crippen LogP contribution in [0.4, 0.5) is 0 Å². The highest BCUT2D eigenvalue weighted by Gasteiger charge is 2.22. The van der Waals surface area contributed by atoms with E-state index in [1.165, 1.54) is 0 Å². The van der Waals surface area contributed by atoms with Crippen molar-refractivity contribution in [3.05, 3.63) is 36.2 Å². The molecule has 0 aliphatic carbocycles. The van der Waals surface area contributed by atoms with Crippen LogP contribution < -0.4 is 5.73 Å². The molecule has 1 aromatic carbocycles. The summed E-state index contributed by atoms with van der Waals surface area (Å²) in [6.07, 6.45) is 0.253. The van der Waals surface area contributed by atoms with Crippen molar-refractivity contribution in [1.29, 1.82) is 0 Å². The van der Waals surface area contributed by atoms with Crippen LogP contribution in [0.25, 0.3) is 11.4 Å². The maximum atomic E-state index is 9.80. The Kier molecular flexibility index (Phi) is 3.21. The van der Waals surface area contributed by atoms with Crippen LogP contribution in [0, 0.1) is 0 Å². The molecule has 0 saturated carbocycles. The summed E-state index contributed by atoms with van der Waals surface area (Å²) in [5.74, 6) is 0.910. The zero-order valence-corrected chi connectivity index (χ0v) is 9.63. The topological polar surface area (TPSA) is 85.2 Å². The third-order valence-electron chi connectivity index (χ3n) is 2.47. The molecule has 0 aliphatic rings. The minimum Gasteiger partial charge on any atom is -0.388 e. The highest BCUT2D eigenvalue weighted by atomic mass is 16.5. The van der Waals surface area contributed by atoms with Gasteiger partial charge in [-0.1, -0.05) is 35.5 Å². The Bertz CT molecular complexity index is 480. The van der Waals surface area contributed by atoms with Gasteiger partial charge in [0.05, 0.1) is 12.0 Å².